The number of imidazole rings is 1. The third kappa shape index (κ3) is 3.07. The Morgan fingerprint density at radius 3 is 2.53 bits per heavy atom. The van der Waals surface area contributed by atoms with Gasteiger partial charge in [-0.15, -0.1) is 0 Å². The van der Waals surface area contributed by atoms with Crippen molar-refractivity contribution in [3.8, 4) is 0 Å². The molecule has 7 nitrogen and oxygen atoms in total. The summed E-state index contributed by atoms with van der Waals surface area (Å²) in [6.07, 6.45) is 0.914. The Morgan fingerprint density at radius 1 is 1.00 bits per heavy atom. The van der Waals surface area contributed by atoms with Crippen LogP contribution in [0, 0.1) is 20.8 Å². The van der Waals surface area contributed by atoms with Crippen molar-refractivity contribution in [2.24, 2.45) is 7.05 Å². The molecule has 1 aliphatic rings. The maximum Gasteiger partial charge on any atom is 0.364 e. The standard InChI is InChI=1S/C25H27N5O2/c1-16-10-11-20(14-18(16)3)28-12-7-13-29-21-22(26-24(28)29)27(4)25(32)30(23(21)31)15-19-9-6-5-8-17(19)2/h5-6,8-11,14H,7,12-13,15H2,1-4H3/p+1. The predicted molar refractivity (Wildman–Crippen MR) is 126 cm³/mol. The zero-order valence-corrected chi connectivity index (χ0v) is 19.0. The molecule has 4 aromatic rings. The zero-order valence-electron chi connectivity index (χ0n) is 19.0. The van der Waals surface area contributed by atoms with Gasteiger partial charge in [-0.2, -0.15) is 0 Å². The average molecular weight is 431 g/mol. The van der Waals surface area contributed by atoms with Crippen LogP contribution in [0.5, 0.6) is 0 Å². The topological polar surface area (TPSA) is 66.9 Å². The number of hydrogen-bond donors (Lipinski definition) is 1. The van der Waals surface area contributed by atoms with Crippen molar-refractivity contribution in [3.05, 3.63) is 85.6 Å². The van der Waals surface area contributed by atoms with Crippen molar-refractivity contribution in [1.29, 1.82) is 0 Å². The summed E-state index contributed by atoms with van der Waals surface area (Å²) in [5.74, 6) is 0.843. The molecule has 7 heteroatoms. The number of anilines is 2. The first kappa shape index (κ1) is 20.3. The first-order valence-corrected chi connectivity index (χ1v) is 11.0. The first-order valence-electron chi connectivity index (χ1n) is 11.0. The minimum absolute atomic E-state index is 0.254. The highest BCUT2D eigenvalue weighted by Gasteiger charge is 2.33. The van der Waals surface area contributed by atoms with Crippen LogP contribution in [0.15, 0.2) is 52.1 Å². The van der Waals surface area contributed by atoms with Gasteiger partial charge in [0.05, 0.1) is 19.6 Å². The number of fused-ring (bicyclic) bond motifs is 3. The van der Waals surface area contributed by atoms with E-state index in [9.17, 15) is 9.59 Å². The molecule has 164 valence electrons. The van der Waals surface area contributed by atoms with Gasteiger partial charge in [0, 0.05) is 13.5 Å². The maximum absolute atomic E-state index is 13.6. The molecule has 0 fully saturated rings. The number of benzene rings is 2. The number of H-pyrrole nitrogens is 1. The van der Waals surface area contributed by atoms with E-state index in [2.05, 4.69) is 41.9 Å². The molecule has 5 rings (SSSR count). The number of hydrogen-bond acceptors (Lipinski definition) is 3. The lowest BCUT2D eigenvalue weighted by Crippen LogP contribution is -2.49. The lowest BCUT2D eigenvalue weighted by atomic mass is 10.1. The molecular weight excluding hydrogens is 402 g/mol. The third-order valence-electron chi connectivity index (χ3n) is 6.69. The molecule has 0 saturated heterocycles. The Morgan fingerprint density at radius 2 is 1.78 bits per heavy atom. The molecule has 0 radical (unpaired) electrons. The Labute approximate surface area is 186 Å². The number of nitrogens with zero attached hydrogens (tertiary/aromatic N) is 4. The summed E-state index contributed by atoms with van der Waals surface area (Å²) in [6, 6.07) is 14.3. The van der Waals surface area contributed by atoms with Crippen molar-refractivity contribution in [2.45, 2.75) is 40.3 Å². The van der Waals surface area contributed by atoms with E-state index in [1.807, 2.05) is 35.8 Å². The quantitative estimate of drug-likeness (QED) is 0.509. The lowest BCUT2D eigenvalue weighted by Gasteiger charge is -2.22. The molecule has 0 bridgehead atoms. The summed E-state index contributed by atoms with van der Waals surface area (Å²) in [7, 11) is 1.72. The van der Waals surface area contributed by atoms with E-state index in [-0.39, 0.29) is 17.8 Å². The molecule has 0 spiro atoms. The Bertz CT molecular complexity index is 1470. The molecule has 0 amide bonds. The number of aromatic amines is 1. The first-order chi connectivity index (χ1) is 15.4. The number of nitrogens with one attached hydrogen (secondary N) is 1. The molecule has 32 heavy (non-hydrogen) atoms. The Hall–Kier alpha value is -3.61. The summed E-state index contributed by atoms with van der Waals surface area (Å²) in [4.78, 5) is 32.3. The summed E-state index contributed by atoms with van der Waals surface area (Å²) in [6.45, 7) is 8.05. The van der Waals surface area contributed by atoms with E-state index in [0.29, 0.717) is 11.2 Å². The number of aryl methyl sites for hydroxylation is 5. The minimum atomic E-state index is -0.317. The van der Waals surface area contributed by atoms with E-state index in [1.54, 1.807) is 11.6 Å². The molecule has 0 unspecified atom stereocenters. The monoisotopic (exact) mass is 430 g/mol. The van der Waals surface area contributed by atoms with Gasteiger partial charge in [-0.05, 0) is 55.2 Å². The second kappa shape index (κ2) is 7.51. The van der Waals surface area contributed by atoms with Crippen LogP contribution in [0.1, 0.15) is 28.7 Å². The minimum Gasteiger partial charge on any atom is -0.267 e. The van der Waals surface area contributed by atoms with Crippen molar-refractivity contribution < 1.29 is 4.57 Å². The van der Waals surface area contributed by atoms with Crippen LogP contribution >= 0.6 is 0 Å². The van der Waals surface area contributed by atoms with Gasteiger partial charge < -0.3 is 0 Å². The van der Waals surface area contributed by atoms with Gasteiger partial charge in [0.15, 0.2) is 0 Å². The summed E-state index contributed by atoms with van der Waals surface area (Å²) >= 11 is 0. The Kier molecular flexibility index (Phi) is 4.77. The fourth-order valence-electron chi connectivity index (χ4n) is 4.58. The van der Waals surface area contributed by atoms with E-state index < -0.39 is 0 Å². The van der Waals surface area contributed by atoms with Crippen molar-refractivity contribution in [2.75, 3.05) is 11.4 Å². The van der Waals surface area contributed by atoms with Crippen LogP contribution in [0.4, 0.5) is 11.6 Å². The van der Waals surface area contributed by atoms with Gasteiger partial charge in [0.1, 0.15) is 5.69 Å². The van der Waals surface area contributed by atoms with Crippen LogP contribution in [0.25, 0.3) is 11.2 Å². The lowest BCUT2D eigenvalue weighted by molar-refractivity contribution is -0.663. The van der Waals surface area contributed by atoms with Crippen LogP contribution in [-0.4, -0.2) is 20.7 Å². The molecule has 2 aromatic carbocycles. The van der Waals surface area contributed by atoms with Crippen LogP contribution in [0.2, 0.25) is 0 Å². The van der Waals surface area contributed by atoms with Crippen molar-refractivity contribution in [1.82, 2.24) is 14.1 Å². The molecule has 1 aliphatic heterocycles. The van der Waals surface area contributed by atoms with Crippen molar-refractivity contribution >= 4 is 22.8 Å². The van der Waals surface area contributed by atoms with Gasteiger partial charge in [-0.25, -0.2) is 19.2 Å². The van der Waals surface area contributed by atoms with Gasteiger partial charge in [-0.1, -0.05) is 30.3 Å². The van der Waals surface area contributed by atoms with Crippen LogP contribution in [-0.2, 0) is 20.1 Å². The highest BCUT2D eigenvalue weighted by molar-refractivity contribution is 5.70. The average Bonchev–Trinajstić information content (AvgIpc) is 3.18. The summed E-state index contributed by atoms with van der Waals surface area (Å²) in [5, 5.41) is 0. The highest BCUT2D eigenvalue weighted by Crippen LogP contribution is 2.27. The molecular formula is C25H28N5O2+. The highest BCUT2D eigenvalue weighted by atomic mass is 16.2. The van der Waals surface area contributed by atoms with Gasteiger partial charge in [0.2, 0.25) is 11.2 Å². The van der Waals surface area contributed by atoms with E-state index in [1.165, 1.54) is 15.7 Å². The molecule has 0 atom stereocenters. The zero-order chi connectivity index (χ0) is 22.6. The van der Waals surface area contributed by atoms with Crippen LogP contribution in [0.3, 0.4) is 0 Å². The Balaban J connectivity index is 1.71. The number of rotatable bonds is 3. The molecule has 1 N–H and O–H groups in total. The largest absolute Gasteiger partial charge is 0.364 e. The normalized spacial score (nSPS) is 13.6. The van der Waals surface area contributed by atoms with Gasteiger partial charge in [-0.3, -0.25) is 13.9 Å². The van der Waals surface area contributed by atoms with Gasteiger partial charge >= 0.3 is 11.6 Å². The van der Waals surface area contributed by atoms with E-state index >= 15 is 0 Å². The molecule has 0 saturated carbocycles. The predicted octanol–water partition coefficient (Wildman–Crippen LogP) is 2.83. The summed E-state index contributed by atoms with van der Waals surface area (Å²) < 4.78 is 4.93. The number of aromatic nitrogens is 4. The SMILES string of the molecule is Cc1ccc(N2CCC[n+]3c2[nH]c2c3c(=O)n(Cc3ccccc3C)c(=O)n2C)cc1C. The van der Waals surface area contributed by atoms with Crippen molar-refractivity contribution in [3.63, 3.8) is 0 Å². The van der Waals surface area contributed by atoms with E-state index in [0.717, 1.165) is 42.3 Å². The maximum atomic E-state index is 13.6. The second-order valence-electron chi connectivity index (χ2n) is 8.73. The fraction of sp³-hybridized carbons (Fsp3) is 0.320. The smallest absolute Gasteiger partial charge is 0.267 e. The molecule has 3 heterocycles. The van der Waals surface area contributed by atoms with Crippen LogP contribution < -0.4 is 20.7 Å². The third-order valence-corrected chi connectivity index (χ3v) is 6.69. The summed E-state index contributed by atoms with van der Waals surface area (Å²) in [5.41, 5.74) is 6.12. The fourth-order valence-corrected chi connectivity index (χ4v) is 4.58. The van der Waals surface area contributed by atoms with E-state index in [4.69, 9.17) is 0 Å². The molecule has 2 aromatic heterocycles. The molecule has 0 aliphatic carbocycles. The van der Waals surface area contributed by atoms with Gasteiger partial charge in [0.25, 0.3) is 5.56 Å². The second-order valence-corrected chi connectivity index (χ2v) is 8.73.